The van der Waals surface area contributed by atoms with E-state index in [9.17, 15) is 17.6 Å². The molecule has 1 aromatic carbocycles. The number of alkyl halides is 4. The van der Waals surface area contributed by atoms with Crippen molar-refractivity contribution >= 4 is 0 Å². The third-order valence-corrected chi connectivity index (χ3v) is 3.65. The molecule has 1 N–H and O–H groups in total. The SMILES string of the molecule is COc1cccc(C2CC(NCC(F)(F)C(F)F)C2)c1. The Balaban J connectivity index is 1.80. The zero-order valence-electron chi connectivity index (χ0n) is 11.1. The maximum Gasteiger partial charge on any atom is 0.319 e. The predicted octanol–water partition coefficient (Wildman–Crippen LogP) is 3.43. The highest BCUT2D eigenvalue weighted by Crippen LogP contribution is 2.38. The van der Waals surface area contributed by atoms with Gasteiger partial charge in [0.15, 0.2) is 0 Å². The molecule has 0 aliphatic heterocycles. The molecule has 112 valence electrons. The Kier molecular flexibility index (Phi) is 4.52. The Hall–Kier alpha value is -1.30. The fourth-order valence-electron chi connectivity index (χ4n) is 2.31. The maximum atomic E-state index is 12.8. The molecule has 1 aromatic rings. The van der Waals surface area contributed by atoms with E-state index in [1.165, 1.54) is 0 Å². The standard InChI is InChI=1S/C14H17F4NO/c1-20-12-4-2-3-9(7-12)10-5-11(6-10)19-8-14(17,18)13(15)16/h2-4,7,10-11,13,19H,5-6,8H2,1H3. The number of benzene rings is 1. The van der Waals surface area contributed by atoms with Crippen molar-refractivity contribution in [2.45, 2.75) is 37.1 Å². The van der Waals surface area contributed by atoms with Crippen LogP contribution in [0.25, 0.3) is 0 Å². The lowest BCUT2D eigenvalue weighted by Crippen LogP contribution is -2.47. The summed E-state index contributed by atoms with van der Waals surface area (Å²) in [4.78, 5) is 0. The minimum absolute atomic E-state index is 0.129. The first-order valence-electron chi connectivity index (χ1n) is 6.45. The number of nitrogens with one attached hydrogen (secondary N) is 1. The van der Waals surface area contributed by atoms with Crippen molar-refractivity contribution in [3.05, 3.63) is 29.8 Å². The van der Waals surface area contributed by atoms with Gasteiger partial charge in [-0.05, 0) is 36.5 Å². The summed E-state index contributed by atoms with van der Waals surface area (Å²) in [6, 6.07) is 7.45. The number of ether oxygens (including phenoxy) is 1. The Morgan fingerprint density at radius 3 is 2.65 bits per heavy atom. The molecule has 0 unspecified atom stereocenters. The molecule has 0 aromatic heterocycles. The highest BCUT2D eigenvalue weighted by atomic mass is 19.3. The quantitative estimate of drug-likeness (QED) is 0.811. The van der Waals surface area contributed by atoms with Gasteiger partial charge in [0.2, 0.25) is 0 Å². The molecule has 0 bridgehead atoms. The van der Waals surface area contributed by atoms with Crippen molar-refractivity contribution < 1.29 is 22.3 Å². The van der Waals surface area contributed by atoms with E-state index in [0.29, 0.717) is 12.8 Å². The van der Waals surface area contributed by atoms with Gasteiger partial charge in [-0.3, -0.25) is 0 Å². The number of methoxy groups -OCH3 is 1. The number of hydrogen-bond acceptors (Lipinski definition) is 2. The number of halogens is 4. The summed E-state index contributed by atoms with van der Waals surface area (Å²) in [5.74, 6) is -2.94. The molecule has 6 heteroatoms. The first kappa shape index (κ1) is 15.1. The van der Waals surface area contributed by atoms with Crippen LogP contribution in [0, 0.1) is 0 Å². The Morgan fingerprint density at radius 2 is 2.05 bits per heavy atom. The third-order valence-electron chi connectivity index (χ3n) is 3.65. The molecule has 2 nitrogen and oxygen atoms in total. The lowest BCUT2D eigenvalue weighted by molar-refractivity contribution is -0.127. The van der Waals surface area contributed by atoms with Crippen LogP contribution in [0.5, 0.6) is 5.75 Å². The molecule has 2 rings (SSSR count). The average molecular weight is 291 g/mol. The molecule has 1 aliphatic carbocycles. The van der Waals surface area contributed by atoms with Gasteiger partial charge in [0.05, 0.1) is 13.7 Å². The van der Waals surface area contributed by atoms with Gasteiger partial charge in [-0.1, -0.05) is 12.1 Å². The van der Waals surface area contributed by atoms with Crippen molar-refractivity contribution in [1.29, 1.82) is 0 Å². The van der Waals surface area contributed by atoms with E-state index in [1.54, 1.807) is 7.11 Å². The second-order valence-electron chi connectivity index (χ2n) is 5.08. The van der Waals surface area contributed by atoms with E-state index in [0.717, 1.165) is 11.3 Å². The minimum atomic E-state index is -3.96. The summed E-state index contributed by atoms with van der Waals surface area (Å²) in [5, 5.41) is 2.51. The van der Waals surface area contributed by atoms with E-state index in [4.69, 9.17) is 4.74 Å². The third kappa shape index (κ3) is 3.42. The largest absolute Gasteiger partial charge is 0.497 e. The smallest absolute Gasteiger partial charge is 0.319 e. The molecule has 0 saturated heterocycles. The van der Waals surface area contributed by atoms with Crippen LogP contribution in [0.4, 0.5) is 17.6 Å². The fraction of sp³-hybridized carbons (Fsp3) is 0.571. The summed E-state index contributed by atoms with van der Waals surface area (Å²) >= 11 is 0. The summed E-state index contributed by atoms with van der Waals surface area (Å²) in [7, 11) is 1.58. The van der Waals surface area contributed by atoms with Crippen molar-refractivity contribution in [1.82, 2.24) is 5.32 Å². The number of hydrogen-bond donors (Lipinski definition) is 1. The van der Waals surface area contributed by atoms with Gasteiger partial charge in [-0.2, -0.15) is 8.78 Å². The Morgan fingerprint density at radius 1 is 1.35 bits per heavy atom. The van der Waals surface area contributed by atoms with Crippen molar-refractivity contribution in [3.63, 3.8) is 0 Å². The molecule has 0 radical (unpaired) electrons. The molecule has 20 heavy (non-hydrogen) atoms. The van der Waals surface area contributed by atoms with Crippen LogP contribution >= 0.6 is 0 Å². The first-order valence-corrected chi connectivity index (χ1v) is 6.45. The summed E-state index contributed by atoms with van der Waals surface area (Å²) < 4.78 is 54.6. The van der Waals surface area contributed by atoms with E-state index >= 15 is 0 Å². The summed E-state index contributed by atoms with van der Waals surface area (Å²) in [6.07, 6.45) is -2.27. The molecule has 1 saturated carbocycles. The molecule has 1 aliphatic rings. The summed E-state index contributed by atoms with van der Waals surface area (Å²) in [5.41, 5.74) is 1.09. The second kappa shape index (κ2) is 5.99. The van der Waals surface area contributed by atoms with E-state index < -0.39 is 18.9 Å². The van der Waals surface area contributed by atoms with Gasteiger partial charge in [0, 0.05) is 6.04 Å². The molecule has 0 amide bonds. The number of rotatable bonds is 6. The highest BCUT2D eigenvalue weighted by Gasteiger charge is 2.42. The van der Waals surface area contributed by atoms with Gasteiger partial charge < -0.3 is 10.1 Å². The zero-order valence-corrected chi connectivity index (χ0v) is 11.1. The monoisotopic (exact) mass is 291 g/mol. The average Bonchev–Trinajstić information content (AvgIpc) is 2.36. The highest BCUT2D eigenvalue weighted by molar-refractivity contribution is 5.32. The van der Waals surface area contributed by atoms with Crippen molar-refractivity contribution in [3.8, 4) is 5.75 Å². The van der Waals surface area contributed by atoms with Crippen molar-refractivity contribution in [2.24, 2.45) is 0 Å². The van der Waals surface area contributed by atoms with E-state index in [-0.39, 0.29) is 12.0 Å². The first-order chi connectivity index (χ1) is 9.42. The van der Waals surface area contributed by atoms with E-state index in [1.807, 2.05) is 24.3 Å². The van der Waals surface area contributed by atoms with Crippen LogP contribution in [0.1, 0.15) is 24.3 Å². The minimum Gasteiger partial charge on any atom is -0.497 e. The van der Waals surface area contributed by atoms with Gasteiger partial charge in [-0.15, -0.1) is 0 Å². The molecular weight excluding hydrogens is 274 g/mol. The molecule has 0 spiro atoms. The Labute approximate surface area is 115 Å². The molecule has 0 atom stereocenters. The lowest BCUT2D eigenvalue weighted by atomic mass is 9.76. The molecular formula is C14H17F4NO. The lowest BCUT2D eigenvalue weighted by Gasteiger charge is -2.37. The van der Waals surface area contributed by atoms with Crippen molar-refractivity contribution in [2.75, 3.05) is 13.7 Å². The van der Waals surface area contributed by atoms with Gasteiger partial charge >= 0.3 is 12.3 Å². The zero-order chi connectivity index (χ0) is 14.8. The van der Waals surface area contributed by atoms with Crippen LogP contribution in [0.15, 0.2) is 24.3 Å². The van der Waals surface area contributed by atoms with Crippen LogP contribution < -0.4 is 10.1 Å². The fourth-order valence-corrected chi connectivity index (χ4v) is 2.31. The summed E-state index contributed by atoms with van der Waals surface area (Å²) in [6.45, 7) is -0.972. The second-order valence-corrected chi connectivity index (χ2v) is 5.08. The van der Waals surface area contributed by atoms with E-state index in [2.05, 4.69) is 5.32 Å². The van der Waals surface area contributed by atoms with Crippen LogP contribution in [0.3, 0.4) is 0 Å². The van der Waals surface area contributed by atoms with Crippen LogP contribution in [-0.4, -0.2) is 32.0 Å². The topological polar surface area (TPSA) is 21.3 Å². The van der Waals surface area contributed by atoms with Gasteiger partial charge in [0.25, 0.3) is 0 Å². The van der Waals surface area contributed by atoms with Gasteiger partial charge in [0.1, 0.15) is 5.75 Å². The Bertz CT molecular complexity index is 447. The normalized spacial score (nSPS) is 22.7. The van der Waals surface area contributed by atoms with Crippen LogP contribution in [0.2, 0.25) is 0 Å². The maximum absolute atomic E-state index is 12.8. The predicted molar refractivity (Wildman–Crippen MR) is 67.7 cm³/mol. The molecule has 1 fully saturated rings. The van der Waals surface area contributed by atoms with Crippen LogP contribution in [-0.2, 0) is 0 Å². The van der Waals surface area contributed by atoms with Gasteiger partial charge in [-0.25, -0.2) is 8.78 Å². The molecule has 0 heterocycles.